The number of hydrogen-bond donors (Lipinski definition) is 3. The number of nitrogens with zero attached hydrogens (tertiary/aromatic N) is 1. The molecule has 2 rings (SSSR count). The summed E-state index contributed by atoms with van der Waals surface area (Å²) in [7, 11) is 0. The second-order valence-electron chi connectivity index (χ2n) is 4.94. The Morgan fingerprint density at radius 1 is 1.44 bits per heavy atom. The van der Waals surface area contributed by atoms with Gasteiger partial charge in [-0.3, -0.25) is 15.0 Å². The standard InChI is InChI=1S/C10H17N3O3/c1-10(16)5-13(6-10)4-8(14)12-9(15)11-7-2-3-7/h7,16H,2-6H2,1H3,(H2,11,12,14,15). The van der Waals surface area contributed by atoms with Gasteiger partial charge in [-0.05, 0) is 19.8 Å². The van der Waals surface area contributed by atoms with Gasteiger partial charge >= 0.3 is 6.03 Å². The van der Waals surface area contributed by atoms with Crippen molar-refractivity contribution in [1.29, 1.82) is 0 Å². The number of β-amino-alcohol motifs (C(OH)–C–C–N with tert-alkyl or cyclic N) is 1. The Labute approximate surface area is 94.0 Å². The molecule has 0 aromatic rings. The highest BCUT2D eigenvalue weighted by molar-refractivity contribution is 5.95. The summed E-state index contributed by atoms with van der Waals surface area (Å²) in [6, 6.07) is -0.169. The van der Waals surface area contributed by atoms with Crippen LogP contribution < -0.4 is 10.6 Å². The zero-order valence-electron chi connectivity index (χ0n) is 9.32. The summed E-state index contributed by atoms with van der Waals surface area (Å²) in [5, 5.41) is 14.4. The number of imide groups is 1. The van der Waals surface area contributed by atoms with Crippen LogP contribution in [0.5, 0.6) is 0 Å². The minimum absolute atomic E-state index is 0.161. The first-order valence-corrected chi connectivity index (χ1v) is 5.50. The molecule has 1 saturated carbocycles. The molecule has 0 unspecified atom stereocenters. The van der Waals surface area contributed by atoms with Crippen LogP contribution in [0.3, 0.4) is 0 Å². The largest absolute Gasteiger partial charge is 0.388 e. The molecule has 0 radical (unpaired) electrons. The van der Waals surface area contributed by atoms with E-state index >= 15 is 0 Å². The van der Waals surface area contributed by atoms with E-state index in [1.807, 2.05) is 0 Å². The normalized spacial score (nSPS) is 23.4. The number of amides is 3. The Morgan fingerprint density at radius 2 is 2.06 bits per heavy atom. The molecule has 0 aromatic heterocycles. The second kappa shape index (κ2) is 4.03. The molecule has 16 heavy (non-hydrogen) atoms. The lowest BCUT2D eigenvalue weighted by Gasteiger charge is -2.43. The van der Waals surface area contributed by atoms with Crippen molar-refractivity contribution in [2.75, 3.05) is 19.6 Å². The SMILES string of the molecule is CC1(O)CN(CC(=O)NC(=O)NC2CC2)C1. The Balaban J connectivity index is 1.62. The van der Waals surface area contributed by atoms with Crippen LogP contribution in [-0.4, -0.2) is 53.2 Å². The van der Waals surface area contributed by atoms with Crippen LogP contribution in [0.4, 0.5) is 4.79 Å². The number of carbonyl (C=O) groups is 2. The average Bonchev–Trinajstić information content (AvgIpc) is 2.83. The van der Waals surface area contributed by atoms with Crippen LogP contribution >= 0.6 is 0 Å². The highest BCUT2D eigenvalue weighted by Gasteiger charge is 2.37. The van der Waals surface area contributed by atoms with Crippen molar-refractivity contribution < 1.29 is 14.7 Å². The lowest BCUT2D eigenvalue weighted by Crippen LogP contribution is -2.62. The Kier molecular flexibility index (Phi) is 2.86. The minimum Gasteiger partial charge on any atom is -0.388 e. The molecule has 1 aliphatic heterocycles. The molecule has 1 aliphatic carbocycles. The van der Waals surface area contributed by atoms with Gasteiger partial charge in [0.25, 0.3) is 0 Å². The van der Waals surface area contributed by atoms with E-state index in [0.29, 0.717) is 13.1 Å². The summed E-state index contributed by atoms with van der Waals surface area (Å²) < 4.78 is 0. The number of aliphatic hydroxyl groups is 1. The van der Waals surface area contributed by atoms with E-state index in [9.17, 15) is 14.7 Å². The molecule has 3 N–H and O–H groups in total. The van der Waals surface area contributed by atoms with Crippen molar-refractivity contribution >= 4 is 11.9 Å². The third-order valence-electron chi connectivity index (χ3n) is 2.66. The van der Waals surface area contributed by atoms with Gasteiger partial charge in [-0.25, -0.2) is 4.79 Å². The second-order valence-corrected chi connectivity index (χ2v) is 4.94. The Morgan fingerprint density at radius 3 is 2.56 bits per heavy atom. The first-order valence-electron chi connectivity index (χ1n) is 5.50. The number of nitrogens with one attached hydrogen (secondary N) is 2. The van der Waals surface area contributed by atoms with Crippen LogP contribution in [0.15, 0.2) is 0 Å². The van der Waals surface area contributed by atoms with E-state index in [2.05, 4.69) is 10.6 Å². The molecule has 90 valence electrons. The molecule has 0 spiro atoms. The zero-order valence-corrected chi connectivity index (χ0v) is 9.32. The first kappa shape index (κ1) is 11.3. The number of likely N-dealkylation sites (tertiary alicyclic amines) is 1. The van der Waals surface area contributed by atoms with E-state index in [0.717, 1.165) is 12.8 Å². The van der Waals surface area contributed by atoms with Crippen molar-refractivity contribution in [2.24, 2.45) is 0 Å². The predicted molar refractivity (Wildman–Crippen MR) is 56.8 cm³/mol. The topological polar surface area (TPSA) is 81.7 Å². The van der Waals surface area contributed by atoms with Crippen LogP contribution in [-0.2, 0) is 4.79 Å². The highest BCUT2D eigenvalue weighted by atomic mass is 16.3. The van der Waals surface area contributed by atoms with Gasteiger partial charge < -0.3 is 10.4 Å². The van der Waals surface area contributed by atoms with Crippen LogP contribution in [0.25, 0.3) is 0 Å². The molecule has 0 aromatic carbocycles. The summed E-state index contributed by atoms with van der Waals surface area (Å²) >= 11 is 0. The number of carbonyl (C=O) groups excluding carboxylic acids is 2. The molecule has 0 atom stereocenters. The third kappa shape index (κ3) is 3.18. The van der Waals surface area contributed by atoms with Crippen LogP contribution in [0.1, 0.15) is 19.8 Å². The summed E-state index contributed by atoms with van der Waals surface area (Å²) in [6.45, 7) is 2.84. The predicted octanol–water partition coefficient (Wildman–Crippen LogP) is -0.959. The van der Waals surface area contributed by atoms with Gasteiger partial charge in [0.2, 0.25) is 5.91 Å². The maximum absolute atomic E-state index is 11.4. The number of hydrogen-bond acceptors (Lipinski definition) is 4. The molecule has 1 saturated heterocycles. The number of rotatable bonds is 3. The van der Waals surface area contributed by atoms with Gasteiger partial charge in [0.05, 0.1) is 12.1 Å². The fourth-order valence-electron chi connectivity index (χ4n) is 1.85. The highest BCUT2D eigenvalue weighted by Crippen LogP contribution is 2.19. The van der Waals surface area contributed by atoms with Gasteiger partial charge in [0.1, 0.15) is 0 Å². The molecule has 6 heteroatoms. The quantitative estimate of drug-likeness (QED) is 0.580. The molecule has 2 fully saturated rings. The van der Waals surface area contributed by atoms with Crippen molar-refractivity contribution in [3.05, 3.63) is 0 Å². The smallest absolute Gasteiger partial charge is 0.321 e. The van der Waals surface area contributed by atoms with Gasteiger partial charge in [-0.2, -0.15) is 0 Å². The lowest BCUT2D eigenvalue weighted by atomic mass is 9.97. The fraction of sp³-hybridized carbons (Fsp3) is 0.800. The summed E-state index contributed by atoms with van der Waals surface area (Å²) in [5.74, 6) is -0.325. The van der Waals surface area contributed by atoms with E-state index in [1.165, 1.54) is 0 Å². The van der Waals surface area contributed by atoms with Crippen LogP contribution in [0, 0.1) is 0 Å². The number of urea groups is 1. The van der Waals surface area contributed by atoms with Gasteiger partial charge in [0, 0.05) is 19.1 Å². The molecule has 6 nitrogen and oxygen atoms in total. The van der Waals surface area contributed by atoms with Crippen molar-refractivity contribution in [3.63, 3.8) is 0 Å². The van der Waals surface area contributed by atoms with E-state index in [1.54, 1.807) is 11.8 Å². The third-order valence-corrected chi connectivity index (χ3v) is 2.66. The molecule has 3 amide bonds. The molecule has 1 heterocycles. The maximum Gasteiger partial charge on any atom is 0.321 e. The van der Waals surface area contributed by atoms with Crippen molar-refractivity contribution in [1.82, 2.24) is 15.5 Å². The van der Waals surface area contributed by atoms with E-state index < -0.39 is 11.6 Å². The molecule has 2 aliphatic rings. The summed E-state index contributed by atoms with van der Waals surface area (Å²) in [4.78, 5) is 24.4. The van der Waals surface area contributed by atoms with Gasteiger partial charge in [-0.15, -0.1) is 0 Å². The zero-order chi connectivity index (χ0) is 11.8. The molecular formula is C10H17N3O3. The van der Waals surface area contributed by atoms with E-state index in [4.69, 9.17) is 0 Å². The van der Waals surface area contributed by atoms with Crippen molar-refractivity contribution in [3.8, 4) is 0 Å². The summed E-state index contributed by atoms with van der Waals surface area (Å²) in [5.41, 5.74) is -0.684. The van der Waals surface area contributed by atoms with Crippen LogP contribution in [0.2, 0.25) is 0 Å². The fourth-order valence-corrected chi connectivity index (χ4v) is 1.85. The maximum atomic E-state index is 11.4. The van der Waals surface area contributed by atoms with E-state index in [-0.39, 0.29) is 18.5 Å². The van der Waals surface area contributed by atoms with Crippen molar-refractivity contribution in [2.45, 2.75) is 31.4 Å². The summed E-state index contributed by atoms with van der Waals surface area (Å²) in [6.07, 6.45) is 1.99. The Bertz CT molecular complexity index is 304. The molecule has 0 bridgehead atoms. The minimum atomic E-state index is -0.684. The monoisotopic (exact) mass is 227 g/mol. The average molecular weight is 227 g/mol. The van der Waals surface area contributed by atoms with Gasteiger partial charge in [0.15, 0.2) is 0 Å². The lowest BCUT2D eigenvalue weighted by molar-refractivity contribution is -0.129. The van der Waals surface area contributed by atoms with Gasteiger partial charge in [-0.1, -0.05) is 0 Å². The molecular weight excluding hydrogens is 210 g/mol. The first-order chi connectivity index (χ1) is 7.44. The Hall–Kier alpha value is -1.14.